The Balaban J connectivity index is 2.12. The highest BCUT2D eigenvalue weighted by Gasteiger charge is 2.24. The van der Waals surface area contributed by atoms with E-state index in [1.807, 2.05) is 38.1 Å². The molecule has 0 bridgehead atoms. The molecule has 2 heterocycles. The number of hydrogen-bond acceptors (Lipinski definition) is 1. The summed E-state index contributed by atoms with van der Waals surface area (Å²) in [6.07, 6.45) is 1.91. The van der Waals surface area contributed by atoms with E-state index in [-0.39, 0.29) is 5.91 Å². The van der Waals surface area contributed by atoms with Gasteiger partial charge in [-0.05, 0) is 43.7 Å². The first kappa shape index (κ1) is 12.2. The molecule has 1 aromatic heterocycles. The van der Waals surface area contributed by atoms with Crippen molar-refractivity contribution in [1.29, 1.82) is 0 Å². The van der Waals surface area contributed by atoms with E-state index in [1.54, 1.807) is 0 Å². The Morgan fingerprint density at radius 3 is 2.68 bits per heavy atom. The van der Waals surface area contributed by atoms with Crippen molar-refractivity contribution in [2.24, 2.45) is 0 Å². The van der Waals surface area contributed by atoms with Gasteiger partial charge in [-0.2, -0.15) is 0 Å². The van der Waals surface area contributed by atoms with E-state index in [0.29, 0.717) is 5.57 Å². The lowest BCUT2D eigenvalue weighted by Gasteiger charge is -1.99. The van der Waals surface area contributed by atoms with Crippen molar-refractivity contribution in [2.45, 2.75) is 13.8 Å². The number of benzene rings is 1. The maximum absolute atomic E-state index is 12.1. The first-order chi connectivity index (χ1) is 9.04. The summed E-state index contributed by atoms with van der Waals surface area (Å²) in [5, 5.41) is 2.88. The van der Waals surface area contributed by atoms with Gasteiger partial charge in [0.2, 0.25) is 0 Å². The number of aryl methyl sites for hydroxylation is 2. The lowest BCUT2D eigenvalue weighted by molar-refractivity contribution is -0.110. The van der Waals surface area contributed by atoms with Crippen LogP contribution < -0.4 is 5.32 Å². The van der Waals surface area contributed by atoms with E-state index < -0.39 is 0 Å². The molecule has 19 heavy (non-hydrogen) atoms. The number of nitrogens with one attached hydrogen (secondary N) is 2. The van der Waals surface area contributed by atoms with Crippen LogP contribution in [0, 0.1) is 13.8 Å². The second kappa shape index (κ2) is 4.38. The highest BCUT2D eigenvalue weighted by Crippen LogP contribution is 2.35. The van der Waals surface area contributed by atoms with Gasteiger partial charge in [0.05, 0.1) is 11.3 Å². The first-order valence-electron chi connectivity index (χ1n) is 6.04. The Hall–Kier alpha value is -1.81. The number of amides is 1. The van der Waals surface area contributed by atoms with Crippen LogP contribution in [0.4, 0.5) is 5.69 Å². The van der Waals surface area contributed by atoms with Crippen molar-refractivity contribution < 1.29 is 4.79 Å². The van der Waals surface area contributed by atoms with Crippen molar-refractivity contribution in [3.63, 3.8) is 0 Å². The summed E-state index contributed by atoms with van der Waals surface area (Å²) >= 11 is 3.41. The average molecular weight is 317 g/mol. The first-order valence-corrected chi connectivity index (χ1v) is 6.83. The summed E-state index contributed by atoms with van der Waals surface area (Å²) in [4.78, 5) is 15.3. The lowest BCUT2D eigenvalue weighted by atomic mass is 10.1. The minimum absolute atomic E-state index is 0.0558. The van der Waals surface area contributed by atoms with Gasteiger partial charge in [-0.15, -0.1) is 0 Å². The van der Waals surface area contributed by atoms with Crippen LogP contribution in [0.15, 0.2) is 28.7 Å². The van der Waals surface area contributed by atoms with Crippen LogP contribution in [0.25, 0.3) is 11.6 Å². The fraction of sp³-hybridized carbons (Fsp3) is 0.133. The van der Waals surface area contributed by atoms with Crippen molar-refractivity contribution in [3.05, 3.63) is 51.3 Å². The number of rotatable bonds is 1. The molecule has 3 rings (SSSR count). The lowest BCUT2D eigenvalue weighted by Crippen LogP contribution is -2.03. The standard InChI is InChI=1S/C15H13BrN2O/c1-8-5-9(2)17-13(8)7-12-11-4-3-10(16)6-14(11)18-15(12)19/h3-7,17H,1-2H3,(H,18,19)/b12-7-. The second-order valence-corrected chi connectivity index (χ2v) is 5.67. The largest absolute Gasteiger partial charge is 0.359 e. The van der Waals surface area contributed by atoms with E-state index in [4.69, 9.17) is 0 Å². The van der Waals surface area contributed by atoms with E-state index in [0.717, 1.165) is 32.7 Å². The van der Waals surface area contributed by atoms with Gasteiger partial charge in [-0.1, -0.05) is 22.0 Å². The Morgan fingerprint density at radius 2 is 2.00 bits per heavy atom. The molecular weight excluding hydrogens is 304 g/mol. The van der Waals surface area contributed by atoms with Gasteiger partial charge in [0, 0.05) is 21.4 Å². The molecular formula is C15H13BrN2O. The van der Waals surface area contributed by atoms with Crippen LogP contribution in [0.3, 0.4) is 0 Å². The molecule has 2 aromatic rings. The zero-order chi connectivity index (χ0) is 13.6. The second-order valence-electron chi connectivity index (χ2n) is 4.75. The van der Waals surface area contributed by atoms with Gasteiger partial charge in [0.25, 0.3) is 5.91 Å². The Kier molecular flexibility index (Phi) is 2.82. The van der Waals surface area contributed by atoms with Crippen LogP contribution in [-0.4, -0.2) is 10.9 Å². The minimum Gasteiger partial charge on any atom is -0.359 e. The average Bonchev–Trinajstić information content (AvgIpc) is 2.80. The van der Waals surface area contributed by atoms with Crippen LogP contribution in [-0.2, 0) is 4.79 Å². The molecule has 0 aliphatic carbocycles. The number of aromatic nitrogens is 1. The van der Waals surface area contributed by atoms with E-state index >= 15 is 0 Å². The summed E-state index contributed by atoms with van der Waals surface area (Å²) in [6.45, 7) is 4.04. The van der Waals surface area contributed by atoms with Gasteiger partial charge in [-0.3, -0.25) is 4.79 Å². The monoisotopic (exact) mass is 316 g/mol. The van der Waals surface area contributed by atoms with Crippen molar-refractivity contribution in [3.8, 4) is 0 Å². The molecule has 1 aromatic carbocycles. The highest BCUT2D eigenvalue weighted by molar-refractivity contribution is 9.10. The molecule has 1 amide bonds. The maximum Gasteiger partial charge on any atom is 0.256 e. The van der Waals surface area contributed by atoms with Crippen LogP contribution in [0.1, 0.15) is 22.5 Å². The van der Waals surface area contributed by atoms with Crippen molar-refractivity contribution in [1.82, 2.24) is 4.98 Å². The van der Waals surface area contributed by atoms with Crippen LogP contribution in [0.2, 0.25) is 0 Å². The Morgan fingerprint density at radius 1 is 1.21 bits per heavy atom. The number of fused-ring (bicyclic) bond motifs is 1. The smallest absolute Gasteiger partial charge is 0.256 e. The maximum atomic E-state index is 12.1. The molecule has 0 saturated heterocycles. The van der Waals surface area contributed by atoms with Crippen molar-refractivity contribution in [2.75, 3.05) is 5.32 Å². The molecule has 0 unspecified atom stereocenters. The molecule has 96 valence electrons. The number of anilines is 1. The topological polar surface area (TPSA) is 44.9 Å². The Labute approximate surface area is 119 Å². The number of hydrogen-bond donors (Lipinski definition) is 2. The fourth-order valence-electron chi connectivity index (χ4n) is 2.35. The normalized spacial score (nSPS) is 15.7. The third-order valence-corrected chi connectivity index (χ3v) is 3.74. The van der Waals surface area contributed by atoms with Crippen LogP contribution in [0.5, 0.6) is 0 Å². The molecule has 0 atom stereocenters. The summed E-state index contributed by atoms with van der Waals surface area (Å²) in [5.74, 6) is -0.0558. The predicted molar refractivity (Wildman–Crippen MR) is 80.9 cm³/mol. The summed E-state index contributed by atoms with van der Waals surface area (Å²) < 4.78 is 0.958. The van der Waals surface area contributed by atoms with Gasteiger partial charge < -0.3 is 10.3 Å². The number of carbonyl (C=O) groups excluding carboxylic acids is 1. The minimum atomic E-state index is -0.0558. The molecule has 2 N–H and O–H groups in total. The Bertz CT molecular complexity index is 713. The van der Waals surface area contributed by atoms with Crippen molar-refractivity contribution >= 4 is 39.2 Å². The number of carbonyl (C=O) groups is 1. The highest BCUT2D eigenvalue weighted by atomic mass is 79.9. The zero-order valence-electron chi connectivity index (χ0n) is 10.7. The van der Waals surface area contributed by atoms with E-state index in [1.165, 1.54) is 0 Å². The summed E-state index contributed by atoms with van der Waals surface area (Å²) in [5.41, 5.74) is 5.72. The molecule has 0 spiro atoms. The third-order valence-electron chi connectivity index (χ3n) is 3.24. The third kappa shape index (κ3) is 2.12. The van der Waals surface area contributed by atoms with Gasteiger partial charge in [0.1, 0.15) is 0 Å². The van der Waals surface area contributed by atoms with Gasteiger partial charge >= 0.3 is 0 Å². The fourth-order valence-corrected chi connectivity index (χ4v) is 2.71. The van der Waals surface area contributed by atoms with Gasteiger partial charge in [0.15, 0.2) is 0 Å². The zero-order valence-corrected chi connectivity index (χ0v) is 12.3. The predicted octanol–water partition coefficient (Wildman–Crippen LogP) is 3.89. The van der Waals surface area contributed by atoms with Crippen LogP contribution >= 0.6 is 15.9 Å². The molecule has 0 saturated carbocycles. The quantitative estimate of drug-likeness (QED) is 0.770. The summed E-state index contributed by atoms with van der Waals surface area (Å²) in [7, 11) is 0. The molecule has 0 fully saturated rings. The number of aromatic amines is 1. The number of halogens is 1. The van der Waals surface area contributed by atoms with E-state index in [9.17, 15) is 4.79 Å². The summed E-state index contributed by atoms with van der Waals surface area (Å²) in [6, 6.07) is 7.89. The van der Waals surface area contributed by atoms with Gasteiger partial charge in [-0.25, -0.2) is 0 Å². The van der Waals surface area contributed by atoms with E-state index in [2.05, 4.69) is 32.3 Å². The molecule has 3 nitrogen and oxygen atoms in total. The molecule has 4 heteroatoms. The molecule has 1 aliphatic rings. The number of H-pyrrole nitrogens is 1. The molecule has 1 aliphatic heterocycles. The molecule has 0 radical (unpaired) electrons. The SMILES string of the molecule is Cc1cc(C)c(/C=C2\C(=O)Nc3cc(Br)ccc32)[nH]1.